The predicted molar refractivity (Wildman–Crippen MR) is 73.9 cm³/mol. The lowest BCUT2D eigenvalue weighted by Crippen LogP contribution is -2.31. The Kier molecular flexibility index (Phi) is 2.84. The second kappa shape index (κ2) is 4.35. The third-order valence-electron chi connectivity index (χ3n) is 3.22. The Bertz CT molecular complexity index is 519. The first-order valence-electron chi connectivity index (χ1n) is 5.90. The molecule has 0 aromatic heterocycles. The lowest BCUT2D eigenvalue weighted by molar-refractivity contribution is 0.710. The SMILES string of the molecule is NC1CN=C2C(=N1)CCCc1ccc(Br)cc12. The highest BCUT2D eigenvalue weighted by Gasteiger charge is 2.23. The largest absolute Gasteiger partial charge is 0.308 e. The molecule has 4 heteroatoms. The van der Waals surface area contributed by atoms with Gasteiger partial charge in [-0.1, -0.05) is 22.0 Å². The Morgan fingerprint density at radius 2 is 2.18 bits per heavy atom. The molecule has 1 unspecified atom stereocenters. The van der Waals surface area contributed by atoms with E-state index in [9.17, 15) is 0 Å². The highest BCUT2D eigenvalue weighted by molar-refractivity contribution is 9.10. The molecule has 88 valence electrons. The van der Waals surface area contributed by atoms with Gasteiger partial charge in [-0.2, -0.15) is 0 Å². The van der Waals surface area contributed by atoms with Crippen molar-refractivity contribution < 1.29 is 0 Å². The van der Waals surface area contributed by atoms with E-state index < -0.39 is 0 Å². The standard InChI is InChI=1S/C13H14BrN3/c14-9-5-4-8-2-1-3-11-13(10(8)6-9)16-7-12(15)17-11/h4-6,12H,1-3,7,15H2. The molecule has 2 aliphatic rings. The molecule has 1 aromatic rings. The minimum absolute atomic E-state index is 0.151. The highest BCUT2D eigenvalue weighted by Crippen LogP contribution is 2.25. The van der Waals surface area contributed by atoms with E-state index in [-0.39, 0.29) is 6.17 Å². The minimum atomic E-state index is -0.151. The lowest BCUT2D eigenvalue weighted by atomic mass is 10.0. The van der Waals surface area contributed by atoms with Crippen molar-refractivity contribution in [2.75, 3.05) is 6.54 Å². The summed E-state index contributed by atoms with van der Waals surface area (Å²) in [4.78, 5) is 9.16. The fourth-order valence-electron chi connectivity index (χ4n) is 2.44. The zero-order chi connectivity index (χ0) is 11.8. The van der Waals surface area contributed by atoms with E-state index in [1.54, 1.807) is 0 Å². The van der Waals surface area contributed by atoms with Crippen LogP contribution >= 0.6 is 15.9 Å². The Morgan fingerprint density at radius 1 is 1.29 bits per heavy atom. The lowest BCUT2D eigenvalue weighted by Gasteiger charge is -2.17. The summed E-state index contributed by atoms with van der Waals surface area (Å²) in [6, 6.07) is 6.42. The molecule has 1 heterocycles. The van der Waals surface area contributed by atoms with Gasteiger partial charge in [-0.3, -0.25) is 9.98 Å². The number of benzene rings is 1. The second-order valence-corrected chi connectivity index (χ2v) is 5.40. The molecule has 0 spiro atoms. The summed E-state index contributed by atoms with van der Waals surface area (Å²) in [6.07, 6.45) is 3.05. The summed E-state index contributed by atoms with van der Waals surface area (Å²) in [5.41, 5.74) is 10.6. The second-order valence-electron chi connectivity index (χ2n) is 4.49. The minimum Gasteiger partial charge on any atom is -0.308 e. The molecule has 17 heavy (non-hydrogen) atoms. The van der Waals surface area contributed by atoms with Crippen LogP contribution < -0.4 is 5.73 Å². The van der Waals surface area contributed by atoms with E-state index in [0.717, 1.165) is 35.2 Å². The number of nitrogens with two attached hydrogens (primary N) is 1. The fraction of sp³-hybridized carbons (Fsp3) is 0.385. The van der Waals surface area contributed by atoms with Crippen molar-refractivity contribution in [2.45, 2.75) is 25.4 Å². The highest BCUT2D eigenvalue weighted by atomic mass is 79.9. The van der Waals surface area contributed by atoms with E-state index in [0.29, 0.717) is 6.54 Å². The first-order chi connectivity index (χ1) is 8.24. The molecule has 1 atom stereocenters. The number of hydrogen-bond acceptors (Lipinski definition) is 3. The first-order valence-corrected chi connectivity index (χ1v) is 6.69. The average molecular weight is 292 g/mol. The van der Waals surface area contributed by atoms with Crippen LogP contribution in [0.1, 0.15) is 24.0 Å². The van der Waals surface area contributed by atoms with Crippen LogP contribution in [-0.4, -0.2) is 24.1 Å². The van der Waals surface area contributed by atoms with E-state index in [2.05, 4.69) is 44.1 Å². The molecule has 0 bridgehead atoms. The molecule has 1 aromatic carbocycles. The summed E-state index contributed by atoms with van der Waals surface area (Å²) >= 11 is 3.52. The van der Waals surface area contributed by atoms with Crippen LogP contribution in [0.5, 0.6) is 0 Å². The van der Waals surface area contributed by atoms with Crippen LogP contribution in [0, 0.1) is 0 Å². The van der Waals surface area contributed by atoms with E-state index in [1.165, 1.54) is 11.1 Å². The molecule has 0 saturated heterocycles. The zero-order valence-electron chi connectivity index (χ0n) is 9.49. The molecule has 0 amide bonds. The van der Waals surface area contributed by atoms with E-state index in [1.807, 2.05) is 0 Å². The molecule has 1 aliphatic carbocycles. The van der Waals surface area contributed by atoms with Gasteiger partial charge in [-0.15, -0.1) is 0 Å². The van der Waals surface area contributed by atoms with Gasteiger partial charge in [-0.25, -0.2) is 0 Å². The molecule has 0 radical (unpaired) electrons. The van der Waals surface area contributed by atoms with Crippen LogP contribution in [0.15, 0.2) is 32.7 Å². The molecule has 3 nitrogen and oxygen atoms in total. The third-order valence-corrected chi connectivity index (χ3v) is 3.71. The Balaban J connectivity index is 2.14. The molecule has 3 rings (SSSR count). The van der Waals surface area contributed by atoms with Crippen LogP contribution in [0.25, 0.3) is 0 Å². The topological polar surface area (TPSA) is 50.7 Å². The summed E-state index contributed by atoms with van der Waals surface area (Å²) in [5, 5.41) is 0. The summed E-state index contributed by atoms with van der Waals surface area (Å²) in [7, 11) is 0. The maximum absolute atomic E-state index is 5.84. The van der Waals surface area contributed by atoms with Crippen LogP contribution in [-0.2, 0) is 6.42 Å². The number of aryl methyl sites for hydroxylation is 1. The van der Waals surface area contributed by atoms with Gasteiger partial charge < -0.3 is 5.73 Å². The van der Waals surface area contributed by atoms with Crippen molar-refractivity contribution in [2.24, 2.45) is 15.7 Å². The van der Waals surface area contributed by atoms with Gasteiger partial charge >= 0.3 is 0 Å². The van der Waals surface area contributed by atoms with E-state index in [4.69, 9.17) is 5.73 Å². The van der Waals surface area contributed by atoms with E-state index >= 15 is 0 Å². The quantitative estimate of drug-likeness (QED) is 0.784. The number of hydrogen-bond donors (Lipinski definition) is 1. The van der Waals surface area contributed by atoms with Gasteiger partial charge in [-0.05, 0) is 37.0 Å². The molecule has 2 N–H and O–H groups in total. The Morgan fingerprint density at radius 3 is 3.06 bits per heavy atom. The molecule has 0 fully saturated rings. The van der Waals surface area contributed by atoms with Crippen molar-refractivity contribution in [3.05, 3.63) is 33.8 Å². The molecule has 0 saturated carbocycles. The van der Waals surface area contributed by atoms with Gasteiger partial charge in [0, 0.05) is 10.0 Å². The van der Waals surface area contributed by atoms with Crippen LogP contribution in [0.4, 0.5) is 0 Å². The van der Waals surface area contributed by atoms with Crippen LogP contribution in [0.3, 0.4) is 0 Å². The summed E-state index contributed by atoms with van der Waals surface area (Å²) < 4.78 is 1.09. The zero-order valence-corrected chi connectivity index (χ0v) is 11.1. The van der Waals surface area contributed by atoms with Gasteiger partial charge in [0.25, 0.3) is 0 Å². The Labute approximate surface area is 109 Å². The maximum Gasteiger partial charge on any atom is 0.117 e. The van der Waals surface area contributed by atoms with Crippen LogP contribution in [0.2, 0.25) is 0 Å². The summed E-state index contributed by atoms with van der Waals surface area (Å²) in [5.74, 6) is 0. The monoisotopic (exact) mass is 291 g/mol. The predicted octanol–water partition coefficient (Wildman–Crippen LogP) is 2.31. The number of fused-ring (bicyclic) bond motifs is 3. The first kappa shape index (κ1) is 11.1. The number of halogens is 1. The van der Waals surface area contributed by atoms with Gasteiger partial charge in [0.1, 0.15) is 6.17 Å². The number of nitrogens with zero attached hydrogens (tertiary/aromatic N) is 2. The van der Waals surface area contributed by atoms with Crippen molar-refractivity contribution in [1.82, 2.24) is 0 Å². The van der Waals surface area contributed by atoms with Gasteiger partial charge in [0.05, 0.1) is 18.0 Å². The Hall–Kier alpha value is -1.000. The average Bonchev–Trinajstić information content (AvgIpc) is 2.47. The van der Waals surface area contributed by atoms with Gasteiger partial charge in [0.2, 0.25) is 0 Å². The van der Waals surface area contributed by atoms with Gasteiger partial charge in [0.15, 0.2) is 0 Å². The third kappa shape index (κ3) is 2.07. The number of rotatable bonds is 0. The van der Waals surface area contributed by atoms with Crippen molar-refractivity contribution in [1.29, 1.82) is 0 Å². The smallest absolute Gasteiger partial charge is 0.117 e. The maximum atomic E-state index is 5.84. The van der Waals surface area contributed by atoms with Crippen molar-refractivity contribution >= 4 is 27.4 Å². The van der Waals surface area contributed by atoms with Crippen molar-refractivity contribution in [3.63, 3.8) is 0 Å². The molecular weight excluding hydrogens is 278 g/mol. The summed E-state index contributed by atoms with van der Waals surface area (Å²) in [6.45, 7) is 0.602. The molecular formula is C13H14BrN3. The number of aliphatic imine (C=N–C) groups is 2. The van der Waals surface area contributed by atoms with Crippen molar-refractivity contribution in [3.8, 4) is 0 Å². The fourth-order valence-corrected chi connectivity index (χ4v) is 2.80. The molecule has 1 aliphatic heterocycles. The normalized spacial score (nSPS) is 23.1.